The molecule has 0 aliphatic carbocycles. The van der Waals surface area contributed by atoms with Crippen LogP contribution in [0, 0.1) is 13.8 Å². The van der Waals surface area contributed by atoms with E-state index < -0.39 is 0 Å². The van der Waals surface area contributed by atoms with Crippen molar-refractivity contribution in [3.8, 4) is 11.1 Å². The van der Waals surface area contributed by atoms with Gasteiger partial charge in [0.1, 0.15) is 13.1 Å². The van der Waals surface area contributed by atoms with Gasteiger partial charge in [-0.25, -0.2) is 0 Å². The van der Waals surface area contributed by atoms with E-state index in [0.29, 0.717) is 0 Å². The Balaban J connectivity index is 0.00000148. The minimum absolute atomic E-state index is 0.0734. The van der Waals surface area contributed by atoms with E-state index in [9.17, 15) is 9.59 Å². The maximum absolute atomic E-state index is 13.1. The zero-order valence-corrected chi connectivity index (χ0v) is 21.8. The Labute approximate surface area is 212 Å². The average Bonchev–Trinajstić information content (AvgIpc) is 2.90. The summed E-state index contributed by atoms with van der Waals surface area (Å²) in [5, 5.41) is 5.87. The van der Waals surface area contributed by atoms with Gasteiger partial charge in [-0.05, 0) is 79.8 Å². The van der Waals surface area contributed by atoms with Crippen LogP contribution in [-0.4, -0.2) is 35.5 Å². The first-order valence-corrected chi connectivity index (χ1v) is 12.9. The first-order valence-electron chi connectivity index (χ1n) is 11.9. The van der Waals surface area contributed by atoms with Crippen LogP contribution in [0.2, 0.25) is 0 Å². The quantitative estimate of drug-likeness (QED) is 0.370. The molecule has 0 spiro atoms. The van der Waals surface area contributed by atoms with Crippen molar-refractivity contribution in [3.63, 3.8) is 0 Å². The van der Waals surface area contributed by atoms with Crippen LogP contribution in [0.25, 0.3) is 21.6 Å². The van der Waals surface area contributed by atoms with Crippen molar-refractivity contribution in [2.45, 2.75) is 39.8 Å². The van der Waals surface area contributed by atoms with Gasteiger partial charge in [-0.3, -0.25) is 14.7 Å². The molecule has 184 valence electrons. The van der Waals surface area contributed by atoms with E-state index >= 15 is 0 Å². The number of aromatic nitrogens is 1. The van der Waals surface area contributed by atoms with E-state index in [1.54, 1.807) is 0 Å². The first kappa shape index (κ1) is 25.5. The average molecular weight is 500 g/mol. The number of aryl methyl sites for hydroxylation is 2. The summed E-state index contributed by atoms with van der Waals surface area (Å²) >= 11 is 0. The largest absolute Gasteiger partial charge is 0.355 e. The van der Waals surface area contributed by atoms with Crippen LogP contribution in [0.4, 0.5) is 11.4 Å². The second kappa shape index (κ2) is 11.0. The lowest BCUT2D eigenvalue weighted by molar-refractivity contribution is -0.112. The standard InChI is InChI=1S/C28H28N3O2P.CH2O/c1-17-7-8-22(13-24(17)25-12-21-14-29-18(2)11-27(21)34-28(25)33)30-26-6-4-5-20-15-31(19(3)16-32)10-9-23(20)26;1-2/h4-8,11-14,16,19,30,34H,9-10,15H2,1-3H3;1H2. The molecule has 1 aliphatic rings. The minimum atomic E-state index is -0.0734. The van der Waals surface area contributed by atoms with Gasteiger partial charge in [0, 0.05) is 52.4 Å². The van der Waals surface area contributed by atoms with Crippen molar-refractivity contribution >= 4 is 43.1 Å². The zero-order chi connectivity index (χ0) is 25.8. The number of hydrogen-bond acceptors (Lipinski definition) is 6. The van der Waals surface area contributed by atoms with Crippen LogP contribution in [0.15, 0.2) is 59.5 Å². The normalized spacial score (nSPS) is 14.1. The Morgan fingerprint density at radius 2 is 1.92 bits per heavy atom. The smallest absolute Gasteiger partial charge is 0.201 e. The molecule has 0 fully saturated rings. The third kappa shape index (κ3) is 5.15. The van der Waals surface area contributed by atoms with E-state index in [0.717, 1.165) is 70.1 Å². The summed E-state index contributed by atoms with van der Waals surface area (Å²) in [5.74, 6) is 0. The number of nitrogens with one attached hydrogen (secondary N) is 1. The van der Waals surface area contributed by atoms with Crippen LogP contribution in [0.5, 0.6) is 0 Å². The third-order valence-corrected chi connectivity index (χ3v) is 7.94. The second-order valence-corrected chi connectivity index (χ2v) is 10.4. The van der Waals surface area contributed by atoms with Crippen LogP contribution in [-0.2, 0) is 22.6 Å². The van der Waals surface area contributed by atoms with Crippen molar-refractivity contribution in [1.29, 1.82) is 0 Å². The van der Waals surface area contributed by atoms with Gasteiger partial charge in [-0.1, -0.05) is 26.4 Å². The minimum Gasteiger partial charge on any atom is -0.355 e. The topological polar surface area (TPSA) is 79.4 Å². The monoisotopic (exact) mass is 499 g/mol. The fourth-order valence-corrected chi connectivity index (χ4v) is 5.88. The van der Waals surface area contributed by atoms with Crippen LogP contribution < -0.4 is 10.5 Å². The maximum atomic E-state index is 13.1. The number of pyridine rings is 1. The van der Waals surface area contributed by atoms with Gasteiger partial charge in [-0.2, -0.15) is 0 Å². The summed E-state index contributed by atoms with van der Waals surface area (Å²) < 4.78 is 0. The second-order valence-electron chi connectivity index (χ2n) is 9.12. The van der Waals surface area contributed by atoms with Gasteiger partial charge < -0.3 is 14.9 Å². The Kier molecular flexibility index (Phi) is 7.78. The summed E-state index contributed by atoms with van der Waals surface area (Å²) in [6, 6.07) is 16.5. The highest BCUT2D eigenvalue weighted by atomic mass is 31.0. The molecule has 4 aromatic rings. The molecule has 2 atom stereocenters. The molecule has 36 heavy (non-hydrogen) atoms. The Bertz CT molecular complexity index is 1480. The fraction of sp³-hybridized carbons (Fsp3) is 0.241. The molecule has 1 aliphatic heterocycles. The Morgan fingerprint density at radius 3 is 2.69 bits per heavy atom. The summed E-state index contributed by atoms with van der Waals surface area (Å²) in [4.78, 5) is 38.9. The van der Waals surface area contributed by atoms with E-state index in [4.69, 9.17) is 4.79 Å². The summed E-state index contributed by atoms with van der Waals surface area (Å²) in [5.41, 5.74) is 8.33. The molecular formula is C29H30N3O3P. The van der Waals surface area contributed by atoms with Gasteiger partial charge in [0.25, 0.3) is 0 Å². The Hall–Kier alpha value is -3.60. The number of carbonyl (C=O) groups excluding carboxylic acids is 2. The molecule has 2 aromatic heterocycles. The Morgan fingerprint density at radius 1 is 1.11 bits per heavy atom. The number of rotatable bonds is 5. The van der Waals surface area contributed by atoms with Gasteiger partial charge >= 0.3 is 0 Å². The highest BCUT2D eigenvalue weighted by molar-refractivity contribution is 7.35. The number of anilines is 2. The summed E-state index contributed by atoms with van der Waals surface area (Å²) in [6.07, 6.45) is 3.77. The molecule has 0 amide bonds. The van der Waals surface area contributed by atoms with Crippen LogP contribution >= 0.6 is 8.19 Å². The van der Waals surface area contributed by atoms with Gasteiger partial charge in [-0.15, -0.1) is 0 Å². The summed E-state index contributed by atoms with van der Waals surface area (Å²) in [7, 11) is 0.117. The van der Waals surface area contributed by atoms with Crippen molar-refractivity contribution in [1.82, 2.24) is 9.88 Å². The zero-order valence-electron chi connectivity index (χ0n) is 20.8. The molecule has 0 bridgehead atoms. The van der Waals surface area contributed by atoms with Crippen molar-refractivity contribution in [2.75, 3.05) is 11.9 Å². The number of hydrogen-bond donors (Lipinski definition) is 1. The predicted molar refractivity (Wildman–Crippen MR) is 149 cm³/mol. The lowest BCUT2D eigenvalue weighted by Crippen LogP contribution is -2.38. The number of fused-ring (bicyclic) bond motifs is 2. The molecule has 0 radical (unpaired) electrons. The lowest BCUT2D eigenvalue weighted by Gasteiger charge is -2.32. The van der Waals surface area contributed by atoms with Crippen molar-refractivity contribution in [3.05, 3.63) is 87.1 Å². The summed E-state index contributed by atoms with van der Waals surface area (Å²) in [6.45, 7) is 9.59. The third-order valence-electron chi connectivity index (χ3n) is 6.74. The molecule has 0 saturated carbocycles. The number of carbonyl (C=O) groups is 2. The van der Waals surface area contributed by atoms with Gasteiger partial charge in [0.2, 0.25) is 5.16 Å². The van der Waals surface area contributed by atoms with Crippen molar-refractivity contribution < 1.29 is 9.59 Å². The predicted octanol–water partition coefficient (Wildman–Crippen LogP) is 5.41. The number of nitrogens with zero attached hydrogens (tertiary/aromatic N) is 2. The highest BCUT2D eigenvalue weighted by Gasteiger charge is 2.22. The van der Waals surface area contributed by atoms with E-state index in [1.807, 2.05) is 45.9 Å². The molecule has 2 unspecified atom stereocenters. The van der Waals surface area contributed by atoms with Crippen LogP contribution in [0.3, 0.4) is 0 Å². The number of aldehydes is 1. The van der Waals surface area contributed by atoms with E-state index in [-0.39, 0.29) is 19.4 Å². The molecule has 3 heterocycles. The van der Waals surface area contributed by atoms with Gasteiger partial charge in [0.05, 0.1) is 6.04 Å². The molecule has 6 nitrogen and oxygen atoms in total. The molecule has 2 aromatic carbocycles. The van der Waals surface area contributed by atoms with Crippen LogP contribution in [0.1, 0.15) is 29.3 Å². The number of benzene rings is 2. The highest BCUT2D eigenvalue weighted by Crippen LogP contribution is 2.33. The maximum Gasteiger partial charge on any atom is 0.201 e. The lowest BCUT2D eigenvalue weighted by atomic mass is 9.96. The molecule has 1 N–H and O–H groups in total. The van der Waals surface area contributed by atoms with Gasteiger partial charge in [0.15, 0.2) is 0 Å². The first-order chi connectivity index (χ1) is 17.4. The molecule has 5 rings (SSSR count). The SMILES string of the molecule is C=O.Cc1cc2[pH]c(=O)c(-c3cc(Nc4cccc5c4CCN(C(C)C=O)C5)ccc3C)cc2cn1. The fourth-order valence-electron chi connectivity index (χ4n) is 4.73. The molecule has 7 heteroatoms. The molecule has 0 saturated heterocycles. The van der Waals surface area contributed by atoms with E-state index in [2.05, 4.69) is 51.6 Å². The van der Waals surface area contributed by atoms with Crippen molar-refractivity contribution in [2.24, 2.45) is 0 Å². The molecular weight excluding hydrogens is 469 g/mol. The van der Waals surface area contributed by atoms with E-state index in [1.165, 1.54) is 11.1 Å².